The topological polar surface area (TPSA) is 72.5 Å². The maximum absolute atomic E-state index is 12.9. The Balaban J connectivity index is 2.77. The minimum Gasteiger partial charge on any atom is -0.469 e. The summed E-state index contributed by atoms with van der Waals surface area (Å²) in [5, 5.41) is 9.73. The second-order valence-electron chi connectivity index (χ2n) is 3.56. The number of methoxy groups -OCH3 is 1. The molecule has 0 bridgehead atoms. The molecule has 1 rings (SSSR count). The van der Waals surface area contributed by atoms with Crippen LogP contribution in [0.2, 0.25) is 0 Å². The number of halogens is 2. The van der Waals surface area contributed by atoms with Gasteiger partial charge in [0.2, 0.25) is 0 Å². The maximum atomic E-state index is 12.9. The first kappa shape index (κ1) is 13.5. The van der Waals surface area contributed by atoms with E-state index in [1.165, 1.54) is 13.2 Å². The summed E-state index contributed by atoms with van der Waals surface area (Å²) >= 11 is 0. The molecule has 2 atom stereocenters. The number of esters is 1. The van der Waals surface area contributed by atoms with Crippen LogP contribution in [0.25, 0.3) is 0 Å². The lowest BCUT2D eigenvalue weighted by atomic mass is 10.0. The van der Waals surface area contributed by atoms with Crippen molar-refractivity contribution in [1.29, 1.82) is 0 Å². The monoisotopic (exact) mass is 245 g/mol. The number of rotatable bonds is 4. The summed E-state index contributed by atoms with van der Waals surface area (Å²) < 4.78 is 30.0. The quantitative estimate of drug-likeness (QED) is 0.773. The molecule has 0 saturated carbocycles. The standard InChI is InChI=1S/C11H13F2NO3/c1-17-10(15)5-9(14)11(16)6-2-3-7(12)8(13)4-6/h2-4,9,11,16H,5,14H2,1H3. The molecular formula is C11H13F2NO3. The number of carbonyl (C=O) groups is 1. The van der Waals surface area contributed by atoms with Gasteiger partial charge in [0.1, 0.15) is 0 Å². The minimum absolute atomic E-state index is 0.111. The fourth-order valence-electron chi connectivity index (χ4n) is 1.33. The normalized spacial score (nSPS) is 14.2. The zero-order valence-corrected chi connectivity index (χ0v) is 9.19. The third-order valence-corrected chi connectivity index (χ3v) is 2.32. The van der Waals surface area contributed by atoms with Crippen molar-refractivity contribution in [2.24, 2.45) is 5.73 Å². The number of hydrogen-bond donors (Lipinski definition) is 2. The molecule has 1 aromatic rings. The summed E-state index contributed by atoms with van der Waals surface area (Å²) in [7, 11) is 1.19. The number of ether oxygens (including phenoxy) is 1. The molecule has 0 amide bonds. The summed E-state index contributed by atoms with van der Waals surface area (Å²) in [4.78, 5) is 10.9. The van der Waals surface area contributed by atoms with Gasteiger partial charge in [0.05, 0.1) is 19.6 Å². The van der Waals surface area contributed by atoms with Crippen LogP contribution < -0.4 is 5.73 Å². The van der Waals surface area contributed by atoms with E-state index in [-0.39, 0.29) is 12.0 Å². The van der Waals surface area contributed by atoms with Crippen molar-refractivity contribution in [1.82, 2.24) is 0 Å². The lowest BCUT2D eigenvalue weighted by molar-refractivity contribution is -0.141. The first-order valence-corrected chi connectivity index (χ1v) is 4.91. The van der Waals surface area contributed by atoms with Crippen LogP contribution in [0.1, 0.15) is 18.1 Å². The van der Waals surface area contributed by atoms with E-state index in [4.69, 9.17) is 5.73 Å². The summed E-state index contributed by atoms with van der Waals surface area (Å²) in [6.07, 6.45) is -1.47. The average Bonchev–Trinajstić information content (AvgIpc) is 2.31. The largest absolute Gasteiger partial charge is 0.469 e. The van der Waals surface area contributed by atoms with Crippen LogP contribution in [0.15, 0.2) is 18.2 Å². The van der Waals surface area contributed by atoms with E-state index in [2.05, 4.69) is 4.74 Å². The molecule has 0 radical (unpaired) electrons. The minimum atomic E-state index is -1.26. The van der Waals surface area contributed by atoms with E-state index < -0.39 is 29.7 Å². The number of carbonyl (C=O) groups excluding carboxylic acids is 1. The van der Waals surface area contributed by atoms with E-state index in [0.29, 0.717) is 0 Å². The summed E-state index contributed by atoms with van der Waals surface area (Å²) in [5.74, 6) is -2.67. The number of aliphatic hydroxyl groups is 1. The molecule has 0 aromatic heterocycles. The number of nitrogens with two attached hydrogens (primary N) is 1. The van der Waals surface area contributed by atoms with Crippen molar-refractivity contribution in [2.45, 2.75) is 18.6 Å². The molecule has 94 valence electrons. The van der Waals surface area contributed by atoms with Crippen molar-refractivity contribution in [3.63, 3.8) is 0 Å². The molecular weight excluding hydrogens is 232 g/mol. The van der Waals surface area contributed by atoms with Crippen molar-refractivity contribution in [3.8, 4) is 0 Å². The Morgan fingerprint density at radius 1 is 1.47 bits per heavy atom. The average molecular weight is 245 g/mol. The van der Waals surface area contributed by atoms with Crippen LogP contribution in [0.4, 0.5) is 8.78 Å². The van der Waals surface area contributed by atoms with Gasteiger partial charge in [0.25, 0.3) is 0 Å². The Labute approximate surface area is 97.0 Å². The highest BCUT2D eigenvalue weighted by Gasteiger charge is 2.21. The molecule has 0 aliphatic heterocycles. The molecule has 0 fully saturated rings. The maximum Gasteiger partial charge on any atom is 0.307 e. The van der Waals surface area contributed by atoms with Gasteiger partial charge in [-0.1, -0.05) is 6.07 Å². The van der Waals surface area contributed by atoms with E-state index in [1.54, 1.807) is 0 Å². The molecule has 0 aliphatic carbocycles. The van der Waals surface area contributed by atoms with Crippen LogP contribution >= 0.6 is 0 Å². The third kappa shape index (κ3) is 3.47. The van der Waals surface area contributed by atoms with Crippen LogP contribution in [0.3, 0.4) is 0 Å². The summed E-state index contributed by atoms with van der Waals surface area (Å²) in [6, 6.07) is 2.00. The predicted molar refractivity (Wildman–Crippen MR) is 55.9 cm³/mol. The van der Waals surface area contributed by atoms with Crippen LogP contribution in [-0.2, 0) is 9.53 Å². The molecule has 0 heterocycles. The van der Waals surface area contributed by atoms with Gasteiger partial charge >= 0.3 is 5.97 Å². The van der Waals surface area contributed by atoms with Gasteiger partial charge in [0, 0.05) is 6.04 Å². The van der Waals surface area contributed by atoms with Crippen LogP contribution in [0.5, 0.6) is 0 Å². The number of benzene rings is 1. The van der Waals surface area contributed by atoms with Gasteiger partial charge in [0.15, 0.2) is 11.6 Å². The smallest absolute Gasteiger partial charge is 0.307 e. The fourth-order valence-corrected chi connectivity index (χ4v) is 1.33. The van der Waals surface area contributed by atoms with E-state index >= 15 is 0 Å². The van der Waals surface area contributed by atoms with Gasteiger partial charge in [-0.05, 0) is 17.7 Å². The summed E-state index contributed by atoms with van der Waals surface area (Å²) in [6.45, 7) is 0. The first-order chi connectivity index (χ1) is 7.95. The Hall–Kier alpha value is -1.53. The molecule has 2 unspecified atom stereocenters. The fraction of sp³-hybridized carbons (Fsp3) is 0.364. The molecule has 3 N–H and O–H groups in total. The van der Waals surface area contributed by atoms with Gasteiger partial charge in [-0.2, -0.15) is 0 Å². The second-order valence-corrected chi connectivity index (χ2v) is 3.56. The molecule has 0 saturated heterocycles. The van der Waals surface area contributed by atoms with Crippen LogP contribution in [0, 0.1) is 11.6 Å². The van der Waals surface area contributed by atoms with Gasteiger partial charge in [-0.3, -0.25) is 4.79 Å². The zero-order valence-electron chi connectivity index (χ0n) is 9.19. The third-order valence-electron chi connectivity index (χ3n) is 2.32. The Bertz CT molecular complexity index is 412. The molecule has 4 nitrogen and oxygen atoms in total. The number of hydrogen-bond acceptors (Lipinski definition) is 4. The molecule has 17 heavy (non-hydrogen) atoms. The van der Waals surface area contributed by atoms with Crippen molar-refractivity contribution in [3.05, 3.63) is 35.4 Å². The molecule has 6 heteroatoms. The Kier molecular flexibility index (Phi) is 4.53. The van der Waals surface area contributed by atoms with Crippen molar-refractivity contribution < 1.29 is 23.4 Å². The van der Waals surface area contributed by atoms with Gasteiger partial charge in [-0.15, -0.1) is 0 Å². The lowest BCUT2D eigenvalue weighted by Gasteiger charge is -2.18. The van der Waals surface area contributed by atoms with Crippen molar-refractivity contribution in [2.75, 3.05) is 7.11 Å². The van der Waals surface area contributed by atoms with Crippen LogP contribution in [-0.4, -0.2) is 24.2 Å². The first-order valence-electron chi connectivity index (χ1n) is 4.91. The highest BCUT2D eigenvalue weighted by Crippen LogP contribution is 2.20. The lowest BCUT2D eigenvalue weighted by Crippen LogP contribution is -2.31. The van der Waals surface area contributed by atoms with E-state index in [0.717, 1.165) is 12.1 Å². The zero-order chi connectivity index (χ0) is 13.0. The van der Waals surface area contributed by atoms with E-state index in [1.807, 2.05) is 0 Å². The van der Waals surface area contributed by atoms with Gasteiger partial charge in [-0.25, -0.2) is 8.78 Å². The highest BCUT2D eigenvalue weighted by atomic mass is 19.2. The summed E-state index contributed by atoms with van der Waals surface area (Å²) in [5.41, 5.74) is 5.66. The molecule has 1 aromatic carbocycles. The predicted octanol–water partition coefficient (Wildman–Crippen LogP) is 0.889. The van der Waals surface area contributed by atoms with Gasteiger partial charge < -0.3 is 15.6 Å². The molecule has 0 aliphatic rings. The Morgan fingerprint density at radius 3 is 2.65 bits per heavy atom. The SMILES string of the molecule is COC(=O)CC(N)C(O)c1ccc(F)c(F)c1. The Morgan fingerprint density at radius 2 is 2.12 bits per heavy atom. The van der Waals surface area contributed by atoms with Crippen molar-refractivity contribution >= 4 is 5.97 Å². The highest BCUT2D eigenvalue weighted by molar-refractivity contribution is 5.70. The molecule has 0 spiro atoms. The number of aliphatic hydroxyl groups excluding tert-OH is 1. The second kappa shape index (κ2) is 5.70. The van der Waals surface area contributed by atoms with E-state index in [9.17, 15) is 18.7 Å².